The molecule has 0 aliphatic carbocycles. The fourth-order valence-corrected chi connectivity index (χ4v) is 4.61. The number of nitrogens with zero attached hydrogens (tertiary/aromatic N) is 2. The highest BCUT2D eigenvalue weighted by atomic mass is 35.5. The van der Waals surface area contributed by atoms with E-state index < -0.39 is 6.10 Å². The maximum atomic E-state index is 12.9. The molecule has 2 aromatic heterocycles. The number of hydrogen-bond donors (Lipinski definition) is 2. The lowest BCUT2D eigenvalue weighted by Crippen LogP contribution is -2.36. The zero-order chi connectivity index (χ0) is 22.9. The molecule has 0 amide bonds. The minimum Gasteiger partial charge on any atom is -0.389 e. The van der Waals surface area contributed by atoms with Crippen LogP contribution in [0.15, 0.2) is 47.1 Å². The van der Waals surface area contributed by atoms with E-state index in [-0.39, 0.29) is 12.2 Å². The van der Waals surface area contributed by atoms with Crippen molar-refractivity contribution in [3.63, 3.8) is 0 Å². The highest BCUT2D eigenvalue weighted by Gasteiger charge is 2.17. The van der Waals surface area contributed by atoms with Crippen molar-refractivity contribution in [2.24, 2.45) is 0 Å². The van der Waals surface area contributed by atoms with Crippen molar-refractivity contribution in [2.75, 3.05) is 40.0 Å². The van der Waals surface area contributed by atoms with Gasteiger partial charge in [-0.05, 0) is 24.1 Å². The van der Waals surface area contributed by atoms with Gasteiger partial charge in [0, 0.05) is 42.8 Å². The fourth-order valence-electron chi connectivity index (χ4n) is 3.45. The normalized spacial score (nSPS) is 12.5. The number of fused-ring (bicyclic) bond motifs is 1. The van der Waals surface area contributed by atoms with E-state index in [1.165, 1.54) is 11.3 Å². The monoisotopic (exact) mass is 477 g/mol. The van der Waals surface area contributed by atoms with Crippen molar-refractivity contribution < 1.29 is 14.6 Å². The quantitative estimate of drug-likeness (QED) is 0.288. The molecule has 0 spiro atoms. The Bertz CT molecular complexity index is 1080. The van der Waals surface area contributed by atoms with Crippen LogP contribution >= 0.6 is 22.9 Å². The average molecular weight is 478 g/mol. The number of benzene rings is 1. The van der Waals surface area contributed by atoms with E-state index >= 15 is 0 Å². The number of thiophene rings is 1. The van der Waals surface area contributed by atoms with E-state index in [1.807, 2.05) is 28.5 Å². The summed E-state index contributed by atoms with van der Waals surface area (Å²) in [7, 11) is 1.66. The molecule has 0 radical (unpaired) electrons. The van der Waals surface area contributed by atoms with Gasteiger partial charge in [0.1, 0.15) is 10.7 Å². The molecule has 0 fully saturated rings. The van der Waals surface area contributed by atoms with Gasteiger partial charge in [-0.3, -0.25) is 9.69 Å². The van der Waals surface area contributed by atoms with Gasteiger partial charge < -0.3 is 19.6 Å². The van der Waals surface area contributed by atoms with Gasteiger partial charge >= 0.3 is 0 Å². The summed E-state index contributed by atoms with van der Waals surface area (Å²) < 4.78 is 10.5. The number of halogens is 1. The molecule has 0 bridgehead atoms. The summed E-state index contributed by atoms with van der Waals surface area (Å²) in [6, 6.07) is 7.42. The van der Waals surface area contributed by atoms with Gasteiger partial charge in [0.05, 0.1) is 31.2 Å². The molecular weight excluding hydrogens is 450 g/mol. The van der Waals surface area contributed by atoms with Gasteiger partial charge in [0.25, 0.3) is 5.56 Å². The Morgan fingerprint density at radius 3 is 3.03 bits per heavy atom. The lowest BCUT2D eigenvalue weighted by atomic mass is 10.1. The largest absolute Gasteiger partial charge is 0.389 e. The highest BCUT2D eigenvalue weighted by molar-refractivity contribution is 7.17. The minimum atomic E-state index is -0.663. The Morgan fingerprint density at radius 1 is 1.44 bits per heavy atom. The molecule has 172 valence electrons. The molecule has 2 heterocycles. The van der Waals surface area contributed by atoms with E-state index in [1.54, 1.807) is 19.3 Å². The Kier molecular flexibility index (Phi) is 9.40. The van der Waals surface area contributed by atoms with Gasteiger partial charge in [-0.25, -0.2) is 4.98 Å². The second kappa shape index (κ2) is 12.2. The van der Waals surface area contributed by atoms with Crippen LogP contribution in [0.4, 0.5) is 0 Å². The van der Waals surface area contributed by atoms with E-state index in [4.69, 9.17) is 21.1 Å². The summed E-state index contributed by atoms with van der Waals surface area (Å²) in [5.74, 6) is 0.554. The van der Waals surface area contributed by atoms with Crippen molar-refractivity contribution in [1.29, 1.82) is 0 Å². The third kappa shape index (κ3) is 6.71. The van der Waals surface area contributed by atoms with Crippen molar-refractivity contribution in [1.82, 2.24) is 14.9 Å². The second-order valence-corrected chi connectivity index (χ2v) is 8.71. The van der Waals surface area contributed by atoms with Crippen LogP contribution in [0.1, 0.15) is 12.2 Å². The number of aliphatic hydroxyl groups is 1. The maximum absolute atomic E-state index is 12.9. The molecule has 0 saturated carbocycles. The lowest BCUT2D eigenvalue weighted by molar-refractivity contribution is 0.0225. The first kappa shape index (κ1) is 24.6. The van der Waals surface area contributed by atoms with E-state index in [0.29, 0.717) is 53.9 Å². The molecule has 9 heteroatoms. The number of nitrogens with one attached hydrogen (secondary N) is 1. The Labute approximate surface area is 196 Å². The van der Waals surface area contributed by atoms with Crippen molar-refractivity contribution in [3.8, 4) is 11.1 Å². The first-order chi connectivity index (χ1) is 15.5. The average Bonchev–Trinajstić information content (AvgIpc) is 3.19. The number of aliphatic hydroxyl groups excluding tert-OH is 1. The number of aromatic nitrogens is 2. The first-order valence-electron chi connectivity index (χ1n) is 10.4. The van der Waals surface area contributed by atoms with Crippen LogP contribution in [0.3, 0.4) is 0 Å². The zero-order valence-corrected chi connectivity index (χ0v) is 19.6. The molecule has 3 aromatic rings. The third-order valence-corrected chi connectivity index (χ3v) is 5.95. The highest BCUT2D eigenvalue weighted by Crippen LogP contribution is 2.32. The van der Waals surface area contributed by atoms with Crippen molar-refractivity contribution in [2.45, 2.75) is 19.1 Å². The molecular formula is C23H28ClN3O4S. The molecule has 0 saturated heterocycles. The zero-order valence-electron chi connectivity index (χ0n) is 18.1. The number of ether oxygens (including phenoxy) is 2. The fraction of sp³-hybridized carbons (Fsp3) is 0.391. The van der Waals surface area contributed by atoms with Gasteiger partial charge in [0.2, 0.25) is 0 Å². The van der Waals surface area contributed by atoms with E-state index in [0.717, 1.165) is 17.5 Å². The number of hydrogen-bond acceptors (Lipinski definition) is 7. The first-order valence-corrected chi connectivity index (χ1v) is 11.6. The summed E-state index contributed by atoms with van der Waals surface area (Å²) in [6.07, 6.45) is 1.77. The maximum Gasteiger partial charge on any atom is 0.260 e. The molecule has 2 N–H and O–H groups in total. The summed E-state index contributed by atoms with van der Waals surface area (Å²) in [5.41, 5.74) is 1.51. The molecule has 0 aliphatic heterocycles. The molecule has 1 aromatic carbocycles. The number of aromatic amines is 1. The number of H-pyrrole nitrogens is 1. The van der Waals surface area contributed by atoms with Gasteiger partial charge in [0.15, 0.2) is 0 Å². The molecule has 7 nitrogen and oxygen atoms in total. The topological polar surface area (TPSA) is 87.7 Å². The van der Waals surface area contributed by atoms with Crippen LogP contribution in [-0.2, 0) is 16.0 Å². The number of rotatable bonds is 13. The van der Waals surface area contributed by atoms with E-state index in [2.05, 4.69) is 16.5 Å². The van der Waals surface area contributed by atoms with Gasteiger partial charge in [-0.1, -0.05) is 29.8 Å². The molecule has 1 atom stereocenters. The summed E-state index contributed by atoms with van der Waals surface area (Å²) in [6.45, 7) is 6.29. The predicted molar refractivity (Wildman–Crippen MR) is 129 cm³/mol. The Hall–Kier alpha value is -2.07. The lowest BCUT2D eigenvalue weighted by Gasteiger charge is -2.24. The summed E-state index contributed by atoms with van der Waals surface area (Å²) >= 11 is 7.55. The van der Waals surface area contributed by atoms with E-state index in [9.17, 15) is 9.90 Å². The smallest absolute Gasteiger partial charge is 0.260 e. The number of methoxy groups -OCH3 is 1. The minimum absolute atomic E-state index is 0.187. The standard InChI is InChI=1S/C23H28ClN3O4S/c1-3-9-31-14-18(28)12-27(8-5-10-30-2)13-20-25-22(29)21-19(15-32-23(21)26-20)16-6-4-7-17(24)11-16/h3-4,6-7,11,15,18,28H,1,5,8-10,12-14H2,2H3,(H,25,26,29)/t18-/m0/s1. The van der Waals surface area contributed by atoms with Crippen molar-refractivity contribution >= 4 is 33.2 Å². The molecule has 0 unspecified atom stereocenters. The van der Waals surface area contributed by atoms with Crippen LogP contribution in [0.25, 0.3) is 21.3 Å². The molecule has 3 rings (SSSR count). The Balaban J connectivity index is 1.79. The van der Waals surface area contributed by atoms with Crippen LogP contribution in [0, 0.1) is 0 Å². The van der Waals surface area contributed by atoms with Crippen LogP contribution in [0.5, 0.6) is 0 Å². The summed E-state index contributed by atoms with van der Waals surface area (Å²) in [4.78, 5) is 23.3. The summed E-state index contributed by atoms with van der Waals surface area (Å²) in [5, 5.41) is 13.4. The van der Waals surface area contributed by atoms with Crippen LogP contribution in [-0.4, -0.2) is 66.1 Å². The van der Waals surface area contributed by atoms with Gasteiger partial charge in [-0.15, -0.1) is 17.9 Å². The Morgan fingerprint density at radius 2 is 2.28 bits per heavy atom. The molecule has 32 heavy (non-hydrogen) atoms. The van der Waals surface area contributed by atoms with Crippen molar-refractivity contribution in [3.05, 3.63) is 63.5 Å². The predicted octanol–water partition coefficient (Wildman–Crippen LogP) is 3.71. The van der Waals surface area contributed by atoms with Gasteiger partial charge in [-0.2, -0.15) is 0 Å². The van der Waals surface area contributed by atoms with Crippen LogP contribution in [0.2, 0.25) is 5.02 Å². The SMILES string of the molecule is C=CCOC[C@@H](O)CN(CCCOC)Cc1nc2scc(-c3cccc(Cl)c3)c2c(=O)[nH]1. The second-order valence-electron chi connectivity index (χ2n) is 7.41. The van der Waals surface area contributed by atoms with Crippen LogP contribution < -0.4 is 5.56 Å². The third-order valence-electron chi connectivity index (χ3n) is 4.84. The molecule has 0 aliphatic rings.